The van der Waals surface area contributed by atoms with Crippen LogP contribution in [-0.4, -0.2) is 19.9 Å². The summed E-state index contributed by atoms with van der Waals surface area (Å²) in [5.74, 6) is 0.736. The molecule has 0 aromatic heterocycles. The summed E-state index contributed by atoms with van der Waals surface area (Å²) >= 11 is 0. The van der Waals surface area contributed by atoms with Crippen LogP contribution in [0.2, 0.25) is 0 Å². The number of carbonyl (C=O) groups excluding carboxylic acids is 1. The monoisotopic (exact) mass is 130 g/mol. The number of carbonyl (C=O) groups is 1. The third-order valence-electron chi connectivity index (χ3n) is 1.27. The highest BCUT2D eigenvalue weighted by atomic mass is 16.7. The lowest BCUT2D eigenvalue weighted by Gasteiger charge is -1.98. The van der Waals surface area contributed by atoms with E-state index in [1.54, 1.807) is 0 Å². The maximum atomic E-state index is 9.56. The quantitative estimate of drug-likeness (QED) is 0.309. The SMILES string of the molecule is O=COCOCC1CC1. The molecule has 0 aromatic rings. The van der Waals surface area contributed by atoms with E-state index in [2.05, 4.69) is 4.74 Å². The van der Waals surface area contributed by atoms with Gasteiger partial charge in [-0.1, -0.05) is 0 Å². The first-order chi connectivity index (χ1) is 4.43. The summed E-state index contributed by atoms with van der Waals surface area (Å²) in [7, 11) is 0. The van der Waals surface area contributed by atoms with Gasteiger partial charge in [0.2, 0.25) is 0 Å². The van der Waals surface area contributed by atoms with Crippen molar-refractivity contribution in [1.29, 1.82) is 0 Å². The Hall–Kier alpha value is -0.570. The van der Waals surface area contributed by atoms with Gasteiger partial charge >= 0.3 is 0 Å². The molecule has 3 heteroatoms. The van der Waals surface area contributed by atoms with Crippen molar-refractivity contribution in [3.63, 3.8) is 0 Å². The van der Waals surface area contributed by atoms with Gasteiger partial charge in [-0.25, -0.2) is 0 Å². The van der Waals surface area contributed by atoms with Crippen LogP contribution in [0.3, 0.4) is 0 Å². The molecule has 0 aliphatic heterocycles. The fraction of sp³-hybridized carbons (Fsp3) is 0.833. The van der Waals surface area contributed by atoms with Gasteiger partial charge in [-0.3, -0.25) is 4.79 Å². The zero-order valence-electron chi connectivity index (χ0n) is 5.21. The highest BCUT2D eigenvalue weighted by Crippen LogP contribution is 2.28. The second-order valence-electron chi connectivity index (χ2n) is 2.19. The standard InChI is InChI=1S/C6H10O3/c7-4-9-5-8-3-6-1-2-6/h4,6H,1-3,5H2. The first-order valence-corrected chi connectivity index (χ1v) is 3.06. The van der Waals surface area contributed by atoms with Gasteiger partial charge in [0.1, 0.15) is 0 Å². The third kappa shape index (κ3) is 3.08. The van der Waals surface area contributed by atoms with Crippen LogP contribution in [0.5, 0.6) is 0 Å². The summed E-state index contributed by atoms with van der Waals surface area (Å²) in [5, 5.41) is 0. The molecule has 0 amide bonds. The summed E-state index contributed by atoms with van der Waals surface area (Å²) < 4.78 is 9.25. The average Bonchev–Trinajstić information content (AvgIpc) is 2.63. The van der Waals surface area contributed by atoms with Gasteiger partial charge in [-0.05, 0) is 18.8 Å². The van der Waals surface area contributed by atoms with Gasteiger partial charge in [0, 0.05) is 0 Å². The van der Waals surface area contributed by atoms with Crippen molar-refractivity contribution in [3.05, 3.63) is 0 Å². The predicted octanol–water partition coefficient (Wildman–Crippen LogP) is 0.543. The smallest absolute Gasteiger partial charge is 0.295 e. The zero-order valence-corrected chi connectivity index (χ0v) is 5.21. The van der Waals surface area contributed by atoms with Crippen LogP contribution >= 0.6 is 0 Å². The minimum Gasteiger partial charge on any atom is -0.441 e. The normalized spacial score (nSPS) is 17.3. The van der Waals surface area contributed by atoms with Gasteiger partial charge < -0.3 is 9.47 Å². The molecule has 0 radical (unpaired) electrons. The van der Waals surface area contributed by atoms with Crippen molar-refractivity contribution in [3.8, 4) is 0 Å². The van der Waals surface area contributed by atoms with Crippen LogP contribution in [0.15, 0.2) is 0 Å². The highest BCUT2D eigenvalue weighted by Gasteiger charge is 2.20. The number of rotatable bonds is 5. The Labute approximate surface area is 53.9 Å². The first kappa shape index (κ1) is 6.55. The summed E-state index contributed by atoms with van der Waals surface area (Å²) in [6.07, 6.45) is 2.53. The number of hydrogen-bond donors (Lipinski definition) is 0. The van der Waals surface area contributed by atoms with E-state index in [4.69, 9.17) is 4.74 Å². The van der Waals surface area contributed by atoms with Crippen molar-refractivity contribution >= 4 is 6.47 Å². The maximum Gasteiger partial charge on any atom is 0.295 e. The Morgan fingerprint density at radius 3 is 2.89 bits per heavy atom. The van der Waals surface area contributed by atoms with Crippen molar-refractivity contribution < 1.29 is 14.3 Å². The van der Waals surface area contributed by atoms with E-state index in [-0.39, 0.29) is 6.79 Å². The van der Waals surface area contributed by atoms with Crippen LogP contribution in [0, 0.1) is 5.92 Å². The second-order valence-corrected chi connectivity index (χ2v) is 2.19. The molecule has 0 bridgehead atoms. The molecular weight excluding hydrogens is 120 g/mol. The second kappa shape index (κ2) is 3.45. The molecular formula is C6H10O3. The Kier molecular flexibility index (Phi) is 2.51. The maximum absolute atomic E-state index is 9.56. The Balaban J connectivity index is 1.75. The Morgan fingerprint density at radius 1 is 1.56 bits per heavy atom. The molecule has 1 aliphatic rings. The molecule has 0 heterocycles. The minimum absolute atomic E-state index is 0.111. The third-order valence-corrected chi connectivity index (χ3v) is 1.27. The van der Waals surface area contributed by atoms with Crippen molar-refractivity contribution in [1.82, 2.24) is 0 Å². The fourth-order valence-electron chi connectivity index (χ4n) is 0.575. The Bertz CT molecular complexity index is 88.3. The molecule has 1 fully saturated rings. The van der Waals surface area contributed by atoms with Crippen molar-refractivity contribution in [2.24, 2.45) is 5.92 Å². The molecule has 1 saturated carbocycles. The topological polar surface area (TPSA) is 35.5 Å². The van der Waals surface area contributed by atoms with Gasteiger partial charge in [0.25, 0.3) is 6.47 Å². The van der Waals surface area contributed by atoms with E-state index in [9.17, 15) is 4.79 Å². The molecule has 0 spiro atoms. The molecule has 52 valence electrons. The van der Waals surface area contributed by atoms with E-state index in [1.165, 1.54) is 12.8 Å². The van der Waals surface area contributed by atoms with E-state index in [0.717, 1.165) is 12.5 Å². The van der Waals surface area contributed by atoms with Crippen molar-refractivity contribution in [2.45, 2.75) is 12.8 Å². The Morgan fingerprint density at radius 2 is 2.33 bits per heavy atom. The van der Waals surface area contributed by atoms with E-state index in [1.807, 2.05) is 0 Å². The molecule has 0 unspecified atom stereocenters. The summed E-state index contributed by atoms with van der Waals surface area (Å²) in [4.78, 5) is 9.56. The fourth-order valence-corrected chi connectivity index (χ4v) is 0.575. The molecule has 9 heavy (non-hydrogen) atoms. The van der Waals surface area contributed by atoms with Crippen molar-refractivity contribution in [2.75, 3.05) is 13.4 Å². The van der Waals surface area contributed by atoms with E-state index in [0.29, 0.717) is 6.47 Å². The average molecular weight is 130 g/mol. The molecule has 1 aliphatic carbocycles. The lowest BCUT2D eigenvalue weighted by atomic mass is 10.5. The summed E-state index contributed by atoms with van der Waals surface area (Å²) in [5.41, 5.74) is 0. The van der Waals surface area contributed by atoms with Gasteiger partial charge in [0.15, 0.2) is 6.79 Å². The number of ether oxygens (including phenoxy) is 2. The van der Waals surface area contributed by atoms with Crippen LogP contribution < -0.4 is 0 Å². The van der Waals surface area contributed by atoms with E-state index < -0.39 is 0 Å². The van der Waals surface area contributed by atoms with E-state index >= 15 is 0 Å². The van der Waals surface area contributed by atoms with Crippen LogP contribution in [0.4, 0.5) is 0 Å². The number of hydrogen-bond acceptors (Lipinski definition) is 3. The zero-order chi connectivity index (χ0) is 6.53. The van der Waals surface area contributed by atoms with Gasteiger partial charge in [-0.2, -0.15) is 0 Å². The summed E-state index contributed by atoms with van der Waals surface area (Å²) in [6.45, 7) is 1.25. The molecule has 0 aromatic carbocycles. The molecule has 1 rings (SSSR count). The highest BCUT2D eigenvalue weighted by molar-refractivity contribution is 5.36. The van der Waals surface area contributed by atoms with Gasteiger partial charge in [-0.15, -0.1) is 0 Å². The minimum atomic E-state index is 0.111. The molecule has 0 saturated heterocycles. The summed E-state index contributed by atoms with van der Waals surface area (Å²) in [6, 6.07) is 0. The van der Waals surface area contributed by atoms with Gasteiger partial charge in [0.05, 0.1) is 6.61 Å². The largest absolute Gasteiger partial charge is 0.441 e. The van der Waals surface area contributed by atoms with Crippen LogP contribution in [0.1, 0.15) is 12.8 Å². The van der Waals surface area contributed by atoms with Crippen LogP contribution in [0.25, 0.3) is 0 Å². The van der Waals surface area contributed by atoms with Crippen LogP contribution in [-0.2, 0) is 14.3 Å². The molecule has 0 N–H and O–H groups in total. The predicted molar refractivity (Wildman–Crippen MR) is 30.7 cm³/mol. The molecule has 3 nitrogen and oxygen atoms in total. The molecule has 0 atom stereocenters. The lowest BCUT2D eigenvalue weighted by molar-refractivity contribution is -0.141. The first-order valence-electron chi connectivity index (χ1n) is 3.06. The lowest BCUT2D eigenvalue weighted by Crippen LogP contribution is -2.00.